The maximum Gasteiger partial charge on any atom is 0.432 e. The standard InChI is InChI=1S/C20H17ClN6O3/c1-11-5-13(24-18(28)7-21)3-4-14(11)16-6-15-17(9-22-16)27(20(29)30)25-19(15)12-8-23-26(2)10-12/h3-6,8-10H,7H2,1-2H3,(H,24,28)(H,29,30). The number of carboxylic acid groups (broad SMARTS) is 1. The van der Waals surface area contributed by atoms with E-state index in [9.17, 15) is 14.7 Å². The molecule has 0 aliphatic carbocycles. The molecule has 30 heavy (non-hydrogen) atoms. The third-order valence-electron chi connectivity index (χ3n) is 4.63. The molecule has 9 nitrogen and oxygen atoms in total. The third-order valence-corrected chi connectivity index (χ3v) is 4.88. The topological polar surface area (TPSA) is 115 Å². The van der Waals surface area contributed by atoms with Gasteiger partial charge in [-0.2, -0.15) is 14.9 Å². The number of pyridine rings is 1. The van der Waals surface area contributed by atoms with Gasteiger partial charge in [0.25, 0.3) is 0 Å². The Bertz CT molecular complexity index is 1290. The van der Waals surface area contributed by atoms with Gasteiger partial charge in [-0.05, 0) is 30.7 Å². The first kappa shape index (κ1) is 19.6. The molecule has 1 aromatic carbocycles. The van der Waals surface area contributed by atoms with Gasteiger partial charge >= 0.3 is 6.09 Å². The zero-order chi connectivity index (χ0) is 21.4. The van der Waals surface area contributed by atoms with Gasteiger partial charge in [0.05, 0.1) is 23.6 Å². The minimum Gasteiger partial charge on any atom is -0.463 e. The second-order valence-corrected chi connectivity index (χ2v) is 7.01. The number of aromatic nitrogens is 5. The quantitative estimate of drug-likeness (QED) is 0.484. The van der Waals surface area contributed by atoms with Crippen LogP contribution in [0.3, 0.4) is 0 Å². The lowest BCUT2D eigenvalue weighted by molar-refractivity contribution is -0.113. The van der Waals surface area contributed by atoms with E-state index in [1.807, 2.05) is 25.1 Å². The normalized spacial score (nSPS) is 11.0. The minimum absolute atomic E-state index is 0.121. The predicted molar refractivity (Wildman–Crippen MR) is 113 cm³/mol. The first-order valence-corrected chi connectivity index (χ1v) is 9.48. The molecule has 0 radical (unpaired) electrons. The fraction of sp³-hybridized carbons (Fsp3) is 0.150. The van der Waals surface area contributed by atoms with Crippen LogP contribution >= 0.6 is 11.6 Å². The molecule has 0 spiro atoms. The van der Waals surface area contributed by atoms with Gasteiger partial charge in [-0.25, -0.2) is 4.79 Å². The molecule has 10 heteroatoms. The summed E-state index contributed by atoms with van der Waals surface area (Å²) >= 11 is 5.54. The highest BCUT2D eigenvalue weighted by Gasteiger charge is 2.19. The maximum atomic E-state index is 11.6. The molecule has 2 N–H and O–H groups in total. The van der Waals surface area contributed by atoms with E-state index in [1.54, 1.807) is 30.2 Å². The number of aryl methyl sites for hydroxylation is 2. The van der Waals surface area contributed by atoms with Gasteiger partial charge in [0.1, 0.15) is 11.6 Å². The summed E-state index contributed by atoms with van der Waals surface area (Å²) in [6.45, 7) is 1.90. The van der Waals surface area contributed by atoms with E-state index in [-0.39, 0.29) is 11.8 Å². The molecule has 3 aromatic heterocycles. The van der Waals surface area contributed by atoms with Crippen LogP contribution in [0.5, 0.6) is 0 Å². The van der Waals surface area contributed by atoms with E-state index in [0.29, 0.717) is 33.5 Å². The smallest absolute Gasteiger partial charge is 0.432 e. The second kappa shape index (κ2) is 7.60. The van der Waals surface area contributed by atoms with Gasteiger partial charge in [-0.3, -0.25) is 14.5 Å². The molecule has 0 unspecified atom stereocenters. The molecule has 0 fully saturated rings. The Morgan fingerprint density at radius 1 is 1.23 bits per heavy atom. The monoisotopic (exact) mass is 424 g/mol. The lowest BCUT2D eigenvalue weighted by atomic mass is 10.0. The molecule has 4 aromatic rings. The van der Waals surface area contributed by atoms with E-state index in [2.05, 4.69) is 20.5 Å². The largest absolute Gasteiger partial charge is 0.463 e. The lowest BCUT2D eigenvalue weighted by Gasteiger charge is -2.09. The van der Waals surface area contributed by atoms with Crippen molar-refractivity contribution >= 4 is 40.2 Å². The van der Waals surface area contributed by atoms with Crippen LogP contribution < -0.4 is 5.32 Å². The van der Waals surface area contributed by atoms with E-state index >= 15 is 0 Å². The van der Waals surface area contributed by atoms with Crippen LogP contribution in [0.1, 0.15) is 5.56 Å². The fourth-order valence-corrected chi connectivity index (χ4v) is 3.35. The SMILES string of the molecule is Cc1cc(NC(=O)CCl)ccc1-c1cc2c(-c3cnn(C)c3)nn(C(=O)O)c2cn1. The van der Waals surface area contributed by atoms with Gasteiger partial charge in [0.2, 0.25) is 5.91 Å². The van der Waals surface area contributed by atoms with Crippen molar-refractivity contribution in [3.8, 4) is 22.5 Å². The Morgan fingerprint density at radius 3 is 2.67 bits per heavy atom. The van der Waals surface area contributed by atoms with Crippen molar-refractivity contribution in [2.24, 2.45) is 7.05 Å². The summed E-state index contributed by atoms with van der Waals surface area (Å²) < 4.78 is 2.53. The number of halogens is 1. The van der Waals surface area contributed by atoms with E-state index in [0.717, 1.165) is 15.8 Å². The van der Waals surface area contributed by atoms with E-state index < -0.39 is 6.09 Å². The summed E-state index contributed by atoms with van der Waals surface area (Å²) in [5, 5.41) is 21.3. The number of nitrogens with zero attached hydrogens (tertiary/aromatic N) is 5. The van der Waals surface area contributed by atoms with Crippen molar-refractivity contribution in [1.29, 1.82) is 0 Å². The summed E-state index contributed by atoms with van der Waals surface area (Å²) in [6.07, 6.45) is 3.70. The van der Waals surface area contributed by atoms with Crippen LogP contribution in [0, 0.1) is 6.92 Å². The number of benzene rings is 1. The Morgan fingerprint density at radius 2 is 2.03 bits per heavy atom. The number of amides is 1. The van der Waals surface area contributed by atoms with Gasteiger partial charge in [0.15, 0.2) is 0 Å². The number of alkyl halides is 1. The van der Waals surface area contributed by atoms with Crippen molar-refractivity contribution in [3.05, 3.63) is 48.4 Å². The number of rotatable bonds is 4. The zero-order valence-electron chi connectivity index (χ0n) is 16.1. The predicted octanol–water partition coefficient (Wildman–Crippen LogP) is 3.51. The van der Waals surface area contributed by atoms with Crippen molar-refractivity contribution in [1.82, 2.24) is 24.5 Å². The number of carbonyl (C=O) groups excluding carboxylic acids is 1. The Hall–Kier alpha value is -3.72. The summed E-state index contributed by atoms with van der Waals surface area (Å²) in [5.74, 6) is -0.408. The first-order chi connectivity index (χ1) is 14.4. The average Bonchev–Trinajstić information content (AvgIpc) is 3.31. The molecule has 0 saturated heterocycles. The van der Waals surface area contributed by atoms with Gasteiger partial charge in [0, 0.05) is 35.4 Å². The average molecular weight is 425 g/mol. The highest BCUT2D eigenvalue weighted by Crippen LogP contribution is 2.32. The minimum atomic E-state index is -1.19. The number of carbonyl (C=O) groups is 2. The molecular formula is C20H17ClN6O3. The number of fused-ring (bicyclic) bond motifs is 1. The van der Waals surface area contributed by atoms with Crippen molar-refractivity contribution in [2.75, 3.05) is 11.2 Å². The summed E-state index contributed by atoms with van der Waals surface area (Å²) in [5.41, 5.74) is 4.63. The molecule has 4 rings (SSSR count). The zero-order valence-corrected chi connectivity index (χ0v) is 16.9. The number of anilines is 1. The van der Waals surface area contributed by atoms with Crippen molar-refractivity contribution in [2.45, 2.75) is 6.92 Å². The molecule has 0 saturated carbocycles. The highest BCUT2D eigenvalue weighted by atomic mass is 35.5. The number of hydrogen-bond acceptors (Lipinski definition) is 5. The summed E-state index contributed by atoms with van der Waals surface area (Å²) in [4.78, 5) is 27.6. The van der Waals surface area contributed by atoms with Crippen LogP contribution in [0.15, 0.2) is 42.9 Å². The van der Waals surface area contributed by atoms with E-state index in [1.165, 1.54) is 6.20 Å². The van der Waals surface area contributed by atoms with Crippen LogP contribution in [0.2, 0.25) is 0 Å². The molecule has 3 heterocycles. The molecule has 0 aliphatic rings. The second-order valence-electron chi connectivity index (χ2n) is 6.74. The van der Waals surface area contributed by atoms with Crippen molar-refractivity contribution in [3.63, 3.8) is 0 Å². The van der Waals surface area contributed by atoms with Crippen LogP contribution in [-0.2, 0) is 11.8 Å². The number of nitrogens with one attached hydrogen (secondary N) is 1. The summed E-state index contributed by atoms with van der Waals surface area (Å²) in [6, 6.07) is 7.25. The van der Waals surface area contributed by atoms with E-state index in [4.69, 9.17) is 11.6 Å². The third kappa shape index (κ3) is 3.50. The molecule has 0 aliphatic heterocycles. The fourth-order valence-electron chi connectivity index (χ4n) is 3.29. The van der Waals surface area contributed by atoms with Gasteiger partial charge in [-0.1, -0.05) is 6.07 Å². The molecule has 0 atom stereocenters. The number of hydrogen-bond donors (Lipinski definition) is 2. The van der Waals surface area contributed by atoms with Crippen LogP contribution in [0.4, 0.5) is 10.5 Å². The Kier molecular flexibility index (Phi) is 4.96. The first-order valence-electron chi connectivity index (χ1n) is 8.95. The van der Waals surface area contributed by atoms with Gasteiger partial charge in [-0.15, -0.1) is 11.6 Å². The molecule has 1 amide bonds. The molecular weight excluding hydrogens is 408 g/mol. The maximum absolute atomic E-state index is 11.6. The summed E-state index contributed by atoms with van der Waals surface area (Å²) in [7, 11) is 1.78. The Balaban J connectivity index is 1.83. The van der Waals surface area contributed by atoms with Gasteiger partial charge < -0.3 is 10.4 Å². The Labute approximate surface area is 175 Å². The highest BCUT2D eigenvalue weighted by molar-refractivity contribution is 6.29. The molecule has 0 bridgehead atoms. The van der Waals surface area contributed by atoms with Crippen LogP contribution in [0.25, 0.3) is 33.4 Å². The molecule has 152 valence electrons. The lowest BCUT2D eigenvalue weighted by Crippen LogP contribution is -2.12. The van der Waals surface area contributed by atoms with Crippen molar-refractivity contribution < 1.29 is 14.7 Å². The van der Waals surface area contributed by atoms with Crippen LogP contribution in [-0.4, -0.2) is 47.5 Å².